The van der Waals surface area contributed by atoms with Crippen LogP contribution in [-0.2, 0) is 6.54 Å². The van der Waals surface area contributed by atoms with Crippen LogP contribution in [0, 0.1) is 0 Å². The lowest BCUT2D eigenvalue weighted by Gasteiger charge is -2.35. The number of piperidine rings is 1. The number of likely N-dealkylation sites (tertiary alicyclic amines) is 1. The number of nitrogens with zero attached hydrogens (tertiary/aromatic N) is 2. The molecule has 3 heterocycles. The topological polar surface area (TPSA) is 44.0 Å². The standard InChI is InChI=1S/C16H24N4S/c1-12(2)20-7-5-14(6-8-20)17-10-13-11-18-19-16(13)15-4-3-9-21-15/h3-4,9,11-12,14,17H,5-8,10H2,1-2H3,(H,18,19). The van der Waals surface area contributed by atoms with E-state index in [0.717, 1.165) is 12.2 Å². The van der Waals surface area contributed by atoms with Crippen molar-refractivity contribution in [3.63, 3.8) is 0 Å². The minimum atomic E-state index is 0.631. The second kappa shape index (κ2) is 6.73. The molecule has 3 rings (SSSR count). The number of aromatic amines is 1. The number of hydrogen-bond donors (Lipinski definition) is 2. The third-order valence-electron chi connectivity index (χ3n) is 4.33. The second-order valence-corrected chi connectivity index (χ2v) is 6.98. The number of thiophene rings is 1. The summed E-state index contributed by atoms with van der Waals surface area (Å²) in [4.78, 5) is 3.83. The van der Waals surface area contributed by atoms with Gasteiger partial charge in [0.25, 0.3) is 0 Å². The van der Waals surface area contributed by atoms with Crippen LogP contribution in [0.1, 0.15) is 32.3 Å². The van der Waals surface area contributed by atoms with Crippen molar-refractivity contribution in [2.75, 3.05) is 13.1 Å². The smallest absolute Gasteiger partial charge is 0.0794 e. The molecule has 0 atom stereocenters. The van der Waals surface area contributed by atoms with Crippen LogP contribution < -0.4 is 5.32 Å². The highest BCUT2D eigenvalue weighted by molar-refractivity contribution is 7.13. The molecule has 2 aromatic heterocycles. The average molecular weight is 304 g/mol. The van der Waals surface area contributed by atoms with Gasteiger partial charge in [-0.25, -0.2) is 0 Å². The van der Waals surface area contributed by atoms with Crippen LogP contribution >= 0.6 is 11.3 Å². The van der Waals surface area contributed by atoms with Gasteiger partial charge in [-0.3, -0.25) is 5.10 Å². The Morgan fingerprint density at radius 3 is 2.90 bits per heavy atom. The van der Waals surface area contributed by atoms with E-state index in [1.807, 2.05) is 6.20 Å². The summed E-state index contributed by atoms with van der Waals surface area (Å²) in [6, 6.07) is 5.53. The highest BCUT2D eigenvalue weighted by atomic mass is 32.1. The highest BCUT2D eigenvalue weighted by Gasteiger charge is 2.20. The normalized spacial score (nSPS) is 17.7. The van der Waals surface area contributed by atoms with Crippen LogP contribution in [0.15, 0.2) is 23.7 Å². The number of aromatic nitrogens is 2. The van der Waals surface area contributed by atoms with Gasteiger partial charge in [0, 0.05) is 24.2 Å². The van der Waals surface area contributed by atoms with E-state index >= 15 is 0 Å². The molecule has 5 heteroatoms. The van der Waals surface area contributed by atoms with Gasteiger partial charge < -0.3 is 10.2 Å². The van der Waals surface area contributed by atoms with Crippen LogP contribution in [0.4, 0.5) is 0 Å². The first kappa shape index (κ1) is 14.8. The molecule has 1 fully saturated rings. The van der Waals surface area contributed by atoms with Crippen molar-refractivity contribution in [1.82, 2.24) is 20.4 Å². The van der Waals surface area contributed by atoms with Crippen LogP contribution in [0.25, 0.3) is 10.6 Å². The Bertz CT molecular complexity index is 538. The van der Waals surface area contributed by atoms with Gasteiger partial charge in [-0.15, -0.1) is 11.3 Å². The van der Waals surface area contributed by atoms with E-state index < -0.39 is 0 Å². The summed E-state index contributed by atoms with van der Waals surface area (Å²) < 4.78 is 0. The first-order valence-electron chi connectivity index (χ1n) is 7.77. The summed E-state index contributed by atoms with van der Waals surface area (Å²) in [6.07, 6.45) is 4.43. The summed E-state index contributed by atoms with van der Waals surface area (Å²) in [6.45, 7) is 7.88. The van der Waals surface area contributed by atoms with E-state index in [-0.39, 0.29) is 0 Å². The van der Waals surface area contributed by atoms with Crippen molar-refractivity contribution in [3.05, 3.63) is 29.3 Å². The SMILES string of the molecule is CC(C)N1CCC(NCc2cn[nH]c2-c2cccs2)CC1. The Kier molecular flexibility index (Phi) is 4.73. The summed E-state index contributed by atoms with van der Waals surface area (Å²) in [7, 11) is 0. The van der Waals surface area contributed by atoms with E-state index in [1.54, 1.807) is 11.3 Å². The lowest BCUT2D eigenvalue weighted by Crippen LogP contribution is -2.44. The lowest BCUT2D eigenvalue weighted by molar-refractivity contribution is 0.161. The molecule has 0 unspecified atom stereocenters. The molecule has 0 radical (unpaired) electrons. The van der Waals surface area contributed by atoms with E-state index in [1.165, 1.54) is 36.4 Å². The van der Waals surface area contributed by atoms with Crippen molar-refractivity contribution in [2.24, 2.45) is 0 Å². The van der Waals surface area contributed by atoms with Crippen LogP contribution in [0.3, 0.4) is 0 Å². The van der Waals surface area contributed by atoms with Crippen molar-refractivity contribution in [3.8, 4) is 10.6 Å². The Labute approximate surface area is 130 Å². The Hall–Kier alpha value is -1.17. The minimum Gasteiger partial charge on any atom is -0.310 e. The molecule has 2 aromatic rings. The number of H-pyrrole nitrogens is 1. The molecule has 114 valence electrons. The fourth-order valence-corrected chi connectivity index (χ4v) is 3.71. The number of hydrogen-bond acceptors (Lipinski definition) is 4. The van der Waals surface area contributed by atoms with Gasteiger partial charge in [-0.2, -0.15) is 5.10 Å². The van der Waals surface area contributed by atoms with Crippen molar-refractivity contribution >= 4 is 11.3 Å². The summed E-state index contributed by atoms with van der Waals surface area (Å²) in [5.74, 6) is 0. The van der Waals surface area contributed by atoms with E-state index in [4.69, 9.17) is 0 Å². The zero-order valence-corrected chi connectivity index (χ0v) is 13.6. The van der Waals surface area contributed by atoms with Gasteiger partial charge in [-0.1, -0.05) is 6.07 Å². The second-order valence-electron chi connectivity index (χ2n) is 6.03. The molecule has 0 aromatic carbocycles. The minimum absolute atomic E-state index is 0.631. The zero-order chi connectivity index (χ0) is 14.7. The van der Waals surface area contributed by atoms with E-state index in [2.05, 4.69) is 51.8 Å². The molecule has 4 nitrogen and oxygen atoms in total. The molecule has 21 heavy (non-hydrogen) atoms. The molecule has 0 saturated carbocycles. The molecule has 0 bridgehead atoms. The Morgan fingerprint density at radius 2 is 2.24 bits per heavy atom. The zero-order valence-electron chi connectivity index (χ0n) is 12.8. The monoisotopic (exact) mass is 304 g/mol. The van der Waals surface area contributed by atoms with E-state index in [9.17, 15) is 0 Å². The fourth-order valence-electron chi connectivity index (χ4n) is 2.95. The van der Waals surface area contributed by atoms with Gasteiger partial charge in [0.05, 0.1) is 16.8 Å². The quantitative estimate of drug-likeness (QED) is 0.892. The molecule has 0 aliphatic carbocycles. The maximum absolute atomic E-state index is 4.21. The predicted octanol–water partition coefficient (Wildman–Crippen LogP) is 3.10. The molecule has 2 N–H and O–H groups in total. The molecule has 0 spiro atoms. The lowest BCUT2D eigenvalue weighted by atomic mass is 10.0. The largest absolute Gasteiger partial charge is 0.310 e. The van der Waals surface area contributed by atoms with Crippen molar-refractivity contribution in [2.45, 2.75) is 45.3 Å². The van der Waals surface area contributed by atoms with Crippen molar-refractivity contribution in [1.29, 1.82) is 0 Å². The molecular weight excluding hydrogens is 280 g/mol. The first-order chi connectivity index (χ1) is 10.2. The number of nitrogens with one attached hydrogen (secondary N) is 2. The maximum Gasteiger partial charge on any atom is 0.0794 e. The molecule has 0 amide bonds. The van der Waals surface area contributed by atoms with Gasteiger partial charge >= 0.3 is 0 Å². The summed E-state index contributed by atoms with van der Waals surface area (Å²) >= 11 is 1.75. The summed E-state index contributed by atoms with van der Waals surface area (Å²) in [5, 5.41) is 13.2. The predicted molar refractivity (Wildman–Crippen MR) is 88.5 cm³/mol. The summed E-state index contributed by atoms with van der Waals surface area (Å²) in [5.41, 5.74) is 2.43. The first-order valence-corrected chi connectivity index (χ1v) is 8.65. The molecule has 1 aliphatic rings. The fraction of sp³-hybridized carbons (Fsp3) is 0.562. The van der Waals surface area contributed by atoms with Crippen LogP contribution in [-0.4, -0.2) is 40.3 Å². The number of rotatable bonds is 5. The third kappa shape index (κ3) is 3.54. The van der Waals surface area contributed by atoms with Crippen LogP contribution in [0.2, 0.25) is 0 Å². The molecular formula is C16H24N4S. The van der Waals surface area contributed by atoms with Gasteiger partial charge in [0.2, 0.25) is 0 Å². The van der Waals surface area contributed by atoms with Gasteiger partial charge in [-0.05, 0) is 51.2 Å². The maximum atomic E-state index is 4.21. The van der Waals surface area contributed by atoms with E-state index in [0.29, 0.717) is 12.1 Å². The van der Waals surface area contributed by atoms with Gasteiger partial charge in [0.1, 0.15) is 0 Å². The average Bonchev–Trinajstić information content (AvgIpc) is 3.16. The van der Waals surface area contributed by atoms with Gasteiger partial charge in [0.15, 0.2) is 0 Å². The van der Waals surface area contributed by atoms with Crippen LogP contribution in [0.5, 0.6) is 0 Å². The molecule has 1 saturated heterocycles. The Morgan fingerprint density at radius 1 is 1.43 bits per heavy atom. The van der Waals surface area contributed by atoms with Crippen molar-refractivity contribution < 1.29 is 0 Å². The Balaban J connectivity index is 1.54. The molecule has 1 aliphatic heterocycles. The highest BCUT2D eigenvalue weighted by Crippen LogP contribution is 2.26. The third-order valence-corrected chi connectivity index (χ3v) is 5.21.